The molecule has 2 amide bonds. The number of hydrogen-bond donors (Lipinski definition) is 4. The molecule has 8 heteroatoms. The fraction of sp³-hybridized carbons (Fsp3) is 0.444. The number of carboxylic acids is 1. The van der Waals surface area contributed by atoms with Crippen molar-refractivity contribution in [2.24, 2.45) is 5.92 Å². The first-order valence-corrected chi connectivity index (χ1v) is 12.2. The molecule has 0 radical (unpaired) electrons. The van der Waals surface area contributed by atoms with E-state index in [1.807, 2.05) is 48.5 Å². The molecule has 186 valence electrons. The number of benzene rings is 2. The Morgan fingerprint density at radius 3 is 2.11 bits per heavy atom. The highest BCUT2D eigenvalue weighted by Gasteiger charge is 2.31. The zero-order chi connectivity index (χ0) is 24.8. The van der Waals surface area contributed by atoms with Gasteiger partial charge in [0.15, 0.2) is 0 Å². The summed E-state index contributed by atoms with van der Waals surface area (Å²) in [6.07, 6.45) is 2.81. The molecular formula is C27H32N2O6. The largest absolute Gasteiger partial charge is 0.481 e. The molecule has 0 heterocycles. The van der Waals surface area contributed by atoms with Gasteiger partial charge in [-0.05, 0) is 47.4 Å². The van der Waals surface area contributed by atoms with E-state index in [-0.39, 0.29) is 37.9 Å². The van der Waals surface area contributed by atoms with Gasteiger partial charge in [0.25, 0.3) is 0 Å². The highest BCUT2D eigenvalue weighted by Crippen LogP contribution is 2.44. The Bertz CT molecular complexity index is 1020. The number of aliphatic hydroxyl groups is 1. The van der Waals surface area contributed by atoms with Crippen molar-refractivity contribution in [2.75, 3.05) is 13.2 Å². The zero-order valence-electron chi connectivity index (χ0n) is 19.6. The molecule has 0 saturated heterocycles. The molecule has 4 rings (SSSR count). The standard InChI is InChI=1S/C27H32N2O6/c30-15-24(17-7-1-2-8-17)28-26(33)23(13-14-25(31)32)29-27(34)35-16-22-20-11-5-3-9-18(20)19-10-4-6-12-21(19)22/h3-6,9-12,17,22-24,30H,1-2,7-8,13-16H2,(H,28,33)(H,29,34)(H,31,32). The number of carbonyl (C=O) groups is 3. The lowest BCUT2D eigenvalue weighted by atomic mass is 9.98. The van der Waals surface area contributed by atoms with Crippen LogP contribution in [0.1, 0.15) is 55.6 Å². The molecule has 0 aliphatic heterocycles. The van der Waals surface area contributed by atoms with E-state index >= 15 is 0 Å². The quantitative estimate of drug-likeness (QED) is 0.413. The van der Waals surface area contributed by atoms with Gasteiger partial charge in [-0.1, -0.05) is 61.4 Å². The van der Waals surface area contributed by atoms with Crippen molar-refractivity contribution < 1.29 is 29.3 Å². The Morgan fingerprint density at radius 2 is 1.54 bits per heavy atom. The summed E-state index contributed by atoms with van der Waals surface area (Å²) in [7, 11) is 0. The zero-order valence-corrected chi connectivity index (χ0v) is 19.6. The van der Waals surface area contributed by atoms with Gasteiger partial charge in [-0.25, -0.2) is 4.79 Å². The summed E-state index contributed by atoms with van der Waals surface area (Å²) in [5, 5.41) is 24.2. The van der Waals surface area contributed by atoms with Crippen LogP contribution < -0.4 is 10.6 Å². The van der Waals surface area contributed by atoms with Crippen LogP contribution >= 0.6 is 0 Å². The average Bonchev–Trinajstić information content (AvgIpc) is 3.50. The van der Waals surface area contributed by atoms with E-state index in [9.17, 15) is 19.5 Å². The maximum Gasteiger partial charge on any atom is 0.407 e. The van der Waals surface area contributed by atoms with Gasteiger partial charge in [-0.2, -0.15) is 0 Å². The highest BCUT2D eigenvalue weighted by atomic mass is 16.5. The second-order valence-corrected chi connectivity index (χ2v) is 9.30. The van der Waals surface area contributed by atoms with Gasteiger partial charge < -0.3 is 25.6 Å². The highest BCUT2D eigenvalue weighted by molar-refractivity contribution is 5.86. The molecule has 2 aliphatic carbocycles. The Kier molecular flexibility index (Phi) is 8.02. The van der Waals surface area contributed by atoms with Crippen LogP contribution in [0.15, 0.2) is 48.5 Å². The molecule has 2 aromatic carbocycles. The first kappa shape index (κ1) is 24.7. The number of amides is 2. The van der Waals surface area contributed by atoms with Crippen molar-refractivity contribution in [3.8, 4) is 11.1 Å². The minimum atomic E-state index is -1.07. The van der Waals surface area contributed by atoms with Gasteiger partial charge in [0.1, 0.15) is 12.6 Å². The van der Waals surface area contributed by atoms with Crippen LogP contribution in [0.4, 0.5) is 4.79 Å². The molecule has 2 aliphatic rings. The second-order valence-electron chi connectivity index (χ2n) is 9.30. The predicted molar refractivity (Wildman–Crippen MR) is 130 cm³/mol. The summed E-state index contributed by atoms with van der Waals surface area (Å²) < 4.78 is 5.53. The Labute approximate surface area is 204 Å². The fourth-order valence-corrected chi connectivity index (χ4v) is 5.27. The number of carbonyl (C=O) groups excluding carboxylic acids is 2. The summed E-state index contributed by atoms with van der Waals surface area (Å²) in [6, 6.07) is 14.5. The first-order valence-electron chi connectivity index (χ1n) is 12.2. The third kappa shape index (κ3) is 5.82. The van der Waals surface area contributed by atoms with Crippen molar-refractivity contribution in [1.29, 1.82) is 0 Å². The molecule has 2 aromatic rings. The molecule has 1 saturated carbocycles. The lowest BCUT2D eigenvalue weighted by Gasteiger charge is -2.26. The number of aliphatic hydroxyl groups excluding tert-OH is 1. The smallest absolute Gasteiger partial charge is 0.407 e. The van der Waals surface area contributed by atoms with Crippen LogP contribution in [0.3, 0.4) is 0 Å². The van der Waals surface area contributed by atoms with E-state index in [2.05, 4.69) is 10.6 Å². The molecule has 0 spiro atoms. The SMILES string of the molecule is O=C(O)CCC(NC(=O)OCC1c2ccccc2-c2ccccc21)C(=O)NC(CO)C1CCCC1. The molecule has 1 fully saturated rings. The van der Waals surface area contributed by atoms with Gasteiger partial charge >= 0.3 is 12.1 Å². The topological polar surface area (TPSA) is 125 Å². The van der Waals surface area contributed by atoms with Crippen molar-refractivity contribution in [3.05, 3.63) is 59.7 Å². The van der Waals surface area contributed by atoms with Crippen molar-refractivity contribution in [2.45, 2.75) is 56.5 Å². The second kappa shape index (κ2) is 11.4. The Morgan fingerprint density at radius 1 is 0.943 bits per heavy atom. The van der Waals surface area contributed by atoms with Crippen molar-refractivity contribution in [1.82, 2.24) is 10.6 Å². The summed E-state index contributed by atoms with van der Waals surface area (Å²) in [4.78, 5) is 36.7. The molecule has 35 heavy (non-hydrogen) atoms. The summed E-state index contributed by atoms with van der Waals surface area (Å²) in [6.45, 7) is -0.110. The molecule has 0 bridgehead atoms. The molecule has 4 N–H and O–H groups in total. The monoisotopic (exact) mass is 480 g/mol. The molecule has 0 aromatic heterocycles. The van der Waals surface area contributed by atoms with Crippen LogP contribution in [0.5, 0.6) is 0 Å². The Hall–Kier alpha value is -3.39. The normalized spacial score (nSPS) is 16.7. The van der Waals surface area contributed by atoms with Crippen LogP contribution in [0.2, 0.25) is 0 Å². The molecular weight excluding hydrogens is 448 g/mol. The summed E-state index contributed by atoms with van der Waals surface area (Å²) in [5.41, 5.74) is 4.36. The first-order chi connectivity index (χ1) is 17.0. The van der Waals surface area contributed by atoms with Gasteiger partial charge in [0.2, 0.25) is 5.91 Å². The van der Waals surface area contributed by atoms with Gasteiger partial charge in [-0.3, -0.25) is 9.59 Å². The lowest BCUT2D eigenvalue weighted by Crippen LogP contribution is -2.52. The summed E-state index contributed by atoms with van der Waals surface area (Å²) in [5.74, 6) is -1.52. The van der Waals surface area contributed by atoms with E-state index in [0.29, 0.717) is 0 Å². The van der Waals surface area contributed by atoms with E-state index in [1.54, 1.807) is 0 Å². The Balaban J connectivity index is 1.40. The van der Waals surface area contributed by atoms with E-state index in [0.717, 1.165) is 47.9 Å². The number of hydrogen-bond acceptors (Lipinski definition) is 5. The van der Waals surface area contributed by atoms with Crippen LogP contribution in [0.25, 0.3) is 11.1 Å². The summed E-state index contributed by atoms with van der Waals surface area (Å²) >= 11 is 0. The van der Waals surface area contributed by atoms with Crippen LogP contribution in [-0.2, 0) is 14.3 Å². The van der Waals surface area contributed by atoms with Gasteiger partial charge in [0, 0.05) is 12.3 Å². The number of alkyl carbamates (subject to hydrolysis) is 1. The molecule has 2 unspecified atom stereocenters. The van der Waals surface area contributed by atoms with Crippen molar-refractivity contribution >= 4 is 18.0 Å². The lowest BCUT2D eigenvalue weighted by molar-refractivity contribution is -0.137. The third-order valence-electron chi connectivity index (χ3n) is 7.09. The maximum atomic E-state index is 12.9. The number of aliphatic carboxylic acids is 1. The van der Waals surface area contributed by atoms with Crippen LogP contribution in [0, 0.1) is 5.92 Å². The minimum Gasteiger partial charge on any atom is -0.481 e. The number of ether oxygens (including phenoxy) is 1. The van der Waals surface area contributed by atoms with E-state index in [4.69, 9.17) is 9.84 Å². The van der Waals surface area contributed by atoms with Crippen molar-refractivity contribution in [3.63, 3.8) is 0 Å². The molecule has 8 nitrogen and oxygen atoms in total. The van der Waals surface area contributed by atoms with Gasteiger partial charge in [0.05, 0.1) is 12.6 Å². The van der Waals surface area contributed by atoms with E-state index < -0.39 is 30.1 Å². The third-order valence-corrected chi connectivity index (χ3v) is 7.09. The molecule has 2 atom stereocenters. The van der Waals surface area contributed by atoms with Gasteiger partial charge in [-0.15, -0.1) is 0 Å². The number of nitrogens with one attached hydrogen (secondary N) is 2. The number of carboxylic acid groups (broad SMARTS) is 1. The number of rotatable bonds is 10. The van der Waals surface area contributed by atoms with E-state index in [1.165, 1.54) is 0 Å². The van der Waals surface area contributed by atoms with Crippen LogP contribution in [-0.4, -0.2) is 53.5 Å². The number of fused-ring (bicyclic) bond motifs is 3. The maximum absolute atomic E-state index is 12.9. The fourth-order valence-electron chi connectivity index (χ4n) is 5.27. The average molecular weight is 481 g/mol. The minimum absolute atomic E-state index is 0.0752. The predicted octanol–water partition coefficient (Wildman–Crippen LogP) is 3.43.